The standard InChI is InChI=1S/C8H13NO6S/c9-4(7(12)13)1-2-16-5(8(14)15)3-6(10)11/h4-5H,1-3,9H2,(H,10,11)(H,12,13)(H,14,15)/t4-,5?/m0/s1. The molecule has 0 aliphatic rings. The molecule has 92 valence electrons. The summed E-state index contributed by atoms with van der Waals surface area (Å²) in [4.78, 5) is 31.3. The van der Waals surface area contributed by atoms with Gasteiger partial charge in [-0.05, 0) is 12.2 Å². The van der Waals surface area contributed by atoms with E-state index in [0.29, 0.717) is 0 Å². The van der Waals surface area contributed by atoms with Crippen molar-refractivity contribution in [3.05, 3.63) is 0 Å². The van der Waals surface area contributed by atoms with Crippen molar-refractivity contribution in [2.24, 2.45) is 5.73 Å². The molecule has 0 fully saturated rings. The molecule has 0 aromatic heterocycles. The number of aliphatic carboxylic acids is 3. The molecule has 0 aromatic carbocycles. The third kappa shape index (κ3) is 6.25. The molecule has 0 rings (SSSR count). The van der Waals surface area contributed by atoms with Crippen molar-refractivity contribution in [2.45, 2.75) is 24.1 Å². The van der Waals surface area contributed by atoms with Crippen LogP contribution in [0.3, 0.4) is 0 Å². The first-order valence-electron chi connectivity index (χ1n) is 4.39. The second kappa shape index (κ2) is 7.07. The topological polar surface area (TPSA) is 138 Å². The van der Waals surface area contributed by atoms with Gasteiger partial charge in [0.25, 0.3) is 0 Å². The van der Waals surface area contributed by atoms with E-state index in [4.69, 9.17) is 21.1 Å². The van der Waals surface area contributed by atoms with Crippen molar-refractivity contribution in [1.29, 1.82) is 0 Å². The fourth-order valence-corrected chi connectivity index (χ4v) is 1.91. The molecule has 0 aliphatic heterocycles. The molecule has 0 heterocycles. The summed E-state index contributed by atoms with van der Waals surface area (Å²) in [6, 6.07) is -1.05. The van der Waals surface area contributed by atoms with Crippen molar-refractivity contribution in [3.8, 4) is 0 Å². The van der Waals surface area contributed by atoms with Crippen LogP contribution >= 0.6 is 11.8 Å². The second-order valence-corrected chi connectivity index (χ2v) is 4.34. The molecule has 5 N–H and O–H groups in total. The lowest BCUT2D eigenvalue weighted by Crippen LogP contribution is -2.31. The van der Waals surface area contributed by atoms with E-state index in [1.807, 2.05) is 0 Å². The summed E-state index contributed by atoms with van der Waals surface area (Å²) in [5.74, 6) is -3.40. The minimum atomic E-state index is -1.23. The van der Waals surface area contributed by atoms with Gasteiger partial charge in [-0.15, -0.1) is 11.8 Å². The highest BCUT2D eigenvalue weighted by atomic mass is 32.2. The highest BCUT2D eigenvalue weighted by Gasteiger charge is 2.22. The van der Waals surface area contributed by atoms with Crippen molar-refractivity contribution in [2.75, 3.05) is 5.75 Å². The predicted octanol–water partition coefficient (Wildman–Crippen LogP) is -0.550. The average Bonchev–Trinajstić information content (AvgIpc) is 2.14. The van der Waals surface area contributed by atoms with E-state index < -0.39 is 35.6 Å². The summed E-state index contributed by atoms with van der Waals surface area (Å²) in [6.45, 7) is 0. The third-order valence-electron chi connectivity index (χ3n) is 1.70. The van der Waals surface area contributed by atoms with E-state index in [9.17, 15) is 14.4 Å². The zero-order valence-corrected chi connectivity index (χ0v) is 9.14. The van der Waals surface area contributed by atoms with Gasteiger partial charge in [-0.3, -0.25) is 14.4 Å². The number of carbonyl (C=O) groups is 3. The van der Waals surface area contributed by atoms with Gasteiger partial charge in [0.05, 0.1) is 6.42 Å². The van der Waals surface area contributed by atoms with Gasteiger partial charge in [-0.1, -0.05) is 0 Å². The number of rotatable bonds is 8. The zero-order chi connectivity index (χ0) is 12.7. The van der Waals surface area contributed by atoms with Crippen LogP contribution < -0.4 is 5.73 Å². The molecular weight excluding hydrogens is 238 g/mol. The van der Waals surface area contributed by atoms with E-state index in [0.717, 1.165) is 11.8 Å². The fourth-order valence-electron chi connectivity index (χ4n) is 0.837. The molecule has 7 nitrogen and oxygen atoms in total. The SMILES string of the molecule is N[C@@H](CCSC(CC(=O)O)C(=O)O)C(=O)O. The predicted molar refractivity (Wildman–Crippen MR) is 56.4 cm³/mol. The van der Waals surface area contributed by atoms with Crippen molar-refractivity contribution in [1.82, 2.24) is 0 Å². The number of thioether (sulfide) groups is 1. The van der Waals surface area contributed by atoms with Crippen LogP contribution in [0.2, 0.25) is 0 Å². The molecule has 0 bridgehead atoms. The summed E-state index contributed by atoms with van der Waals surface area (Å²) in [6.07, 6.45) is -0.397. The summed E-state index contributed by atoms with van der Waals surface area (Å²) < 4.78 is 0. The van der Waals surface area contributed by atoms with Gasteiger partial charge in [0, 0.05) is 0 Å². The molecule has 2 atom stereocenters. The molecule has 16 heavy (non-hydrogen) atoms. The fraction of sp³-hybridized carbons (Fsp3) is 0.625. The Morgan fingerprint density at radius 3 is 2.06 bits per heavy atom. The Balaban J connectivity index is 3.99. The maximum Gasteiger partial charge on any atom is 0.320 e. The molecule has 0 saturated heterocycles. The molecule has 1 unspecified atom stereocenters. The first-order valence-corrected chi connectivity index (χ1v) is 5.44. The summed E-state index contributed by atoms with van der Waals surface area (Å²) in [5, 5.41) is 24.5. The first-order chi connectivity index (χ1) is 7.34. The Bertz CT molecular complexity index is 282. The molecule has 0 saturated carbocycles. The minimum absolute atomic E-state index is 0.101. The lowest BCUT2D eigenvalue weighted by Gasteiger charge is -2.10. The zero-order valence-electron chi connectivity index (χ0n) is 8.33. The Kier molecular flexibility index (Phi) is 6.50. The molecule has 8 heteroatoms. The highest BCUT2D eigenvalue weighted by molar-refractivity contribution is 8.00. The number of carboxylic acids is 3. The Morgan fingerprint density at radius 1 is 1.12 bits per heavy atom. The normalized spacial score (nSPS) is 14.1. The number of carboxylic acid groups (broad SMARTS) is 3. The van der Waals surface area contributed by atoms with Gasteiger partial charge in [0.2, 0.25) is 0 Å². The van der Waals surface area contributed by atoms with Crippen LogP contribution in [0.25, 0.3) is 0 Å². The molecule has 0 radical (unpaired) electrons. The molecular formula is C8H13NO6S. The van der Waals surface area contributed by atoms with Gasteiger partial charge >= 0.3 is 17.9 Å². The lowest BCUT2D eigenvalue weighted by atomic mass is 10.2. The van der Waals surface area contributed by atoms with Gasteiger partial charge in [0.15, 0.2) is 0 Å². The maximum atomic E-state index is 10.6. The molecule has 0 aliphatic carbocycles. The van der Waals surface area contributed by atoms with Crippen LogP contribution in [0.15, 0.2) is 0 Å². The lowest BCUT2D eigenvalue weighted by molar-refractivity contribution is -0.142. The van der Waals surface area contributed by atoms with Crippen LogP contribution in [0.1, 0.15) is 12.8 Å². The van der Waals surface area contributed by atoms with Gasteiger partial charge < -0.3 is 21.1 Å². The van der Waals surface area contributed by atoms with Crippen LogP contribution in [-0.2, 0) is 14.4 Å². The summed E-state index contributed by atoms with van der Waals surface area (Å²) in [5.41, 5.74) is 5.20. The van der Waals surface area contributed by atoms with Crippen LogP contribution in [0, 0.1) is 0 Å². The minimum Gasteiger partial charge on any atom is -0.481 e. The maximum absolute atomic E-state index is 10.6. The summed E-state index contributed by atoms with van der Waals surface area (Å²) in [7, 11) is 0. The monoisotopic (exact) mass is 251 g/mol. The van der Waals surface area contributed by atoms with E-state index >= 15 is 0 Å². The van der Waals surface area contributed by atoms with E-state index in [1.165, 1.54) is 0 Å². The first kappa shape index (κ1) is 14.7. The number of hydrogen-bond acceptors (Lipinski definition) is 5. The van der Waals surface area contributed by atoms with Gasteiger partial charge in [0.1, 0.15) is 11.3 Å². The Labute approximate surface area is 95.6 Å². The van der Waals surface area contributed by atoms with Crippen LogP contribution in [-0.4, -0.2) is 50.3 Å². The van der Waals surface area contributed by atoms with Crippen molar-refractivity contribution >= 4 is 29.7 Å². The number of hydrogen-bond donors (Lipinski definition) is 4. The van der Waals surface area contributed by atoms with Crippen LogP contribution in [0.4, 0.5) is 0 Å². The molecule has 0 amide bonds. The molecule has 0 spiro atoms. The van der Waals surface area contributed by atoms with E-state index in [1.54, 1.807) is 0 Å². The smallest absolute Gasteiger partial charge is 0.320 e. The third-order valence-corrected chi connectivity index (χ3v) is 2.94. The highest BCUT2D eigenvalue weighted by Crippen LogP contribution is 2.16. The quantitative estimate of drug-likeness (QED) is 0.450. The van der Waals surface area contributed by atoms with Crippen molar-refractivity contribution < 1.29 is 29.7 Å². The summed E-state index contributed by atoms with van der Waals surface area (Å²) >= 11 is 0.880. The largest absolute Gasteiger partial charge is 0.481 e. The Hall–Kier alpha value is -1.28. The Morgan fingerprint density at radius 2 is 1.69 bits per heavy atom. The molecule has 0 aromatic rings. The number of nitrogens with two attached hydrogens (primary N) is 1. The second-order valence-electron chi connectivity index (χ2n) is 3.03. The van der Waals surface area contributed by atoms with E-state index in [-0.39, 0.29) is 12.2 Å². The van der Waals surface area contributed by atoms with Crippen molar-refractivity contribution in [3.63, 3.8) is 0 Å². The van der Waals surface area contributed by atoms with Crippen LogP contribution in [0.5, 0.6) is 0 Å². The van der Waals surface area contributed by atoms with Gasteiger partial charge in [-0.2, -0.15) is 0 Å². The van der Waals surface area contributed by atoms with Gasteiger partial charge in [-0.25, -0.2) is 0 Å². The average molecular weight is 251 g/mol. The van der Waals surface area contributed by atoms with E-state index in [2.05, 4.69) is 0 Å².